The largest absolute Gasteiger partial charge is 1.00 e. The Labute approximate surface area is 262 Å². The van der Waals surface area contributed by atoms with Gasteiger partial charge in [0.25, 0.3) is 11.8 Å². The molecule has 1 heterocycles. The molecule has 1 aliphatic rings. The van der Waals surface area contributed by atoms with Crippen LogP contribution in [0.4, 0.5) is 11.4 Å². The molecule has 0 bridgehead atoms. The summed E-state index contributed by atoms with van der Waals surface area (Å²) in [6.45, 7) is 4.09. The standard InChI is InChI=1S/C31H44N2O5S.Na/c1-3-5-6-7-8-9-10-11-12-15-21-26(20-4-2)31(39(36,37)38)29(34)32(27-22-16-13-17-23-27)33(30(31)35)28-24-18-14-19-25-28;/h13-14,16-19,22-26H,3-12,15,20-21H2,1-2H3,(H,36,37,38);/q;+1/p-1. The van der Waals surface area contributed by atoms with Crippen molar-refractivity contribution in [2.45, 2.75) is 102 Å². The van der Waals surface area contributed by atoms with Gasteiger partial charge in [-0.1, -0.05) is 121 Å². The van der Waals surface area contributed by atoms with Crippen molar-refractivity contribution in [1.29, 1.82) is 0 Å². The monoisotopic (exact) mass is 578 g/mol. The molecular weight excluding hydrogens is 535 g/mol. The van der Waals surface area contributed by atoms with Crippen molar-refractivity contribution >= 4 is 33.3 Å². The first-order valence-electron chi connectivity index (χ1n) is 14.5. The second kappa shape index (κ2) is 16.7. The van der Waals surface area contributed by atoms with Gasteiger partial charge in [0, 0.05) is 0 Å². The van der Waals surface area contributed by atoms with Gasteiger partial charge >= 0.3 is 29.6 Å². The van der Waals surface area contributed by atoms with Crippen LogP contribution in [0.5, 0.6) is 0 Å². The van der Waals surface area contributed by atoms with Gasteiger partial charge < -0.3 is 4.55 Å². The number of unbranched alkanes of at least 4 members (excludes halogenated alkanes) is 9. The fourth-order valence-corrected chi connectivity index (χ4v) is 6.98. The summed E-state index contributed by atoms with van der Waals surface area (Å²) in [4.78, 5) is 28.3. The summed E-state index contributed by atoms with van der Waals surface area (Å²) in [6.07, 6.45) is 12.3. The Balaban J connectivity index is 0.00000560. The average Bonchev–Trinajstić information content (AvgIpc) is 3.17. The number of para-hydroxylation sites is 2. The van der Waals surface area contributed by atoms with Gasteiger partial charge in [0.05, 0.1) is 11.4 Å². The van der Waals surface area contributed by atoms with Crippen LogP contribution in [0.25, 0.3) is 0 Å². The van der Waals surface area contributed by atoms with Crippen LogP contribution in [-0.2, 0) is 19.7 Å². The number of hydrazine groups is 1. The van der Waals surface area contributed by atoms with Crippen molar-refractivity contribution in [1.82, 2.24) is 0 Å². The molecule has 1 aliphatic heterocycles. The molecule has 2 aromatic carbocycles. The molecule has 7 nitrogen and oxygen atoms in total. The second-order valence-electron chi connectivity index (χ2n) is 10.6. The van der Waals surface area contributed by atoms with E-state index in [1.54, 1.807) is 60.7 Å². The van der Waals surface area contributed by atoms with Crippen LogP contribution in [0.2, 0.25) is 0 Å². The molecule has 0 saturated carbocycles. The average molecular weight is 579 g/mol. The Morgan fingerprint density at radius 1 is 0.650 bits per heavy atom. The van der Waals surface area contributed by atoms with Gasteiger partial charge in [-0.25, -0.2) is 18.4 Å². The molecule has 3 rings (SSSR count). The summed E-state index contributed by atoms with van der Waals surface area (Å²) in [6, 6.07) is 16.9. The van der Waals surface area contributed by atoms with Gasteiger partial charge in [0.15, 0.2) is 0 Å². The zero-order valence-corrected chi connectivity index (χ0v) is 27.2. The number of rotatable bonds is 17. The number of carbonyl (C=O) groups excluding carboxylic acids is 2. The van der Waals surface area contributed by atoms with E-state index in [4.69, 9.17) is 0 Å². The number of amides is 2. The van der Waals surface area contributed by atoms with E-state index in [1.807, 2.05) is 6.92 Å². The van der Waals surface area contributed by atoms with E-state index in [9.17, 15) is 22.6 Å². The summed E-state index contributed by atoms with van der Waals surface area (Å²) in [7, 11) is -5.36. The quantitative estimate of drug-likeness (QED) is 0.122. The Kier molecular flexibility index (Phi) is 14.4. The first kappa shape index (κ1) is 34.5. The van der Waals surface area contributed by atoms with Crippen molar-refractivity contribution in [3.8, 4) is 0 Å². The van der Waals surface area contributed by atoms with Crippen LogP contribution in [0.15, 0.2) is 60.7 Å². The summed E-state index contributed by atoms with van der Waals surface area (Å²) < 4.78 is 36.5. The van der Waals surface area contributed by atoms with E-state index < -0.39 is 32.6 Å². The Hall–Kier alpha value is -1.71. The van der Waals surface area contributed by atoms with Crippen LogP contribution in [0.3, 0.4) is 0 Å². The zero-order chi connectivity index (χ0) is 28.3. The van der Waals surface area contributed by atoms with E-state index in [2.05, 4.69) is 6.92 Å². The van der Waals surface area contributed by atoms with E-state index >= 15 is 0 Å². The first-order chi connectivity index (χ1) is 18.8. The molecule has 0 spiro atoms. The van der Waals surface area contributed by atoms with Crippen LogP contribution in [0.1, 0.15) is 97.3 Å². The summed E-state index contributed by atoms with van der Waals surface area (Å²) in [5.74, 6) is -2.87. The minimum atomic E-state index is -5.36. The van der Waals surface area contributed by atoms with Crippen LogP contribution in [-0.4, -0.2) is 29.5 Å². The molecule has 2 aromatic rings. The molecule has 1 atom stereocenters. The van der Waals surface area contributed by atoms with E-state index in [-0.39, 0.29) is 29.6 Å². The number of anilines is 2. The fourth-order valence-electron chi connectivity index (χ4n) is 5.74. The van der Waals surface area contributed by atoms with Crippen LogP contribution < -0.4 is 39.6 Å². The zero-order valence-electron chi connectivity index (χ0n) is 24.4. The summed E-state index contributed by atoms with van der Waals surface area (Å²) >= 11 is 0. The predicted molar refractivity (Wildman–Crippen MR) is 155 cm³/mol. The maximum Gasteiger partial charge on any atom is 1.00 e. The van der Waals surface area contributed by atoms with Gasteiger partial charge in [0.1, 0.15) is 10.1 Å². The number of hydrogen-bond donors (Lipinski definition) is 0. The Bertz CT molecular complexity index is 1100. The maximum absolute atomic E-state index is 14.2. The fraction of sp³-hybridized carbons (Fsp3) is 0.548. The van der Waals surface area contributed by atoms with Gasteiger partial charge in [0.2, 0.25) is 4.75 Å². The molecule has 1 saturated heterocycles. The van der Waals surface area contributed by atoms with E-state index in [0.29, 0.717) is 37.1 Å². The third-order valence-electron chi connectivity index (χ3n) is 7.73. The number of benzene rings is 2. The van der Waals surface area contributed by atoms with E-state index in [1.165, 1.54) is 38.5 Å². The molecule has 9 heteroatoms. The van der Waals surface area contributed by atoms with Crippen molar-refractivity contribution in [3.63, 3.8) is 0 Å². The van der Waals surface area contributed by atoms with E-state index in [0.717, 1.165) is 29.3 Å². The SMILES string of the molecule is CCCCCCCCCCCCC(CCC)C1(S(=O)(=O)[O-])C(=O)N(c2ccccc2)N(c2ccccc2)C1=O.[Na+]. The molecular formula is C31H43N2NaO5S. The molecule has 0 aliphatic carbocycles. The minimum Gasteiger partial charge on any atom is -0.747 e. The van der Waals surface area contributed by atoms with Crippen molar-refractivity contribution in [2.75, 3.05) is 10.0 Å². The topological polar surface area (TPSA) is 97.8 Å². The van der Waals surface area contributed by atoms with Crippen LogP contribution in [0, 0.1) is 5.92 Å². The third kappa shape index (κ3) is 7.77. The smallest absolute Gasteiger partial charge is 0.747 e. The maximum atomic E-state index is 14.2. The van der Waals surface area contributed by atoms with Gasteiger partial charge in [-0.3, -0.25) is 9.59 Å². The third-order valence-corrected chi connectivity index (χ3v) is 9.21. The Morgan fingerprint density at radius 3 is 1.43 bits per heavy atom. The number of carbonyl (C=O) groups is 2. The van der Waals surface area contributed by atoms with Gasteiger partial charge in [-0.15, -0.1) is 0 Å². The number of hydrogen-bond acceptors (Lipinski definition) is 5. The van der Waals surface area contributed by atoms with Gasteiger partial charge in [-0.2, -0.15) is 0 Å². The molecule has 1 unspecified atom stereocenters. The Morgan fingerprint density at radius 2 is 1.05 bits per heavy atom. The normalized spacial score (nSPS) is 15.8. The predicted octanol–water partition coefficient (Wildman–Crippen LogP) is 4.00. The van der Waals surface area contributed by atoms with Crippen molar-refractivity contribution in [3.05, 3.63) is 60.7 Å². The molecule has 0 N–H and O–H groups in total. The molecule has 40 heavy (non-hydrogen) atoms. The van der Waals surface area contributed by atoms with Crippen molar-refractivity contribution in [2.24, 2.45) is 5.92 Å². The summed E-state index contributed by atoms with van der Waals surface area (Å²) in [5, 5.41) is 2.16. The molecule has 2 amide bonds. The summed E-state index contributed by atoms with van der Waals surface area (Å²) in [5.41, 5.74) is 0.666. The minimum absolute atomic E-state index is 0. The second-order valence-corrected chi connectivity index (χ2v) is 12.1. The number of nitrogens with zero attached hydrogens (tertiary/aromatic N) is 2. The molecule has 214 valence electrons. The molecule has 1 fully saturated rings. The molecule has 0 radical (unpaired) electrons. The van der Waals surface area contributed by atoms with Crippen LogP contribution >= 0.6 is 0 Å². The van der Waals surface area contributed by atoms with Crippen molar-refractivity contribution < 1.29 is 52.1 Å². The van der Waals surface area contributed by atoms with Gasteiger partial charge in [-0.05, 0) is 43.0 Å². The molecule has 0 aromatic heterocycles. The first-order valence-corrected chi connectivity index (χ1v) is 16.0.